The zero-order valence-corrected chi connectivity index (χ0v) is 15.3. The Bertz CT molecular complexity index is 876. The molecule has 1 amide bonds. The molecule has 2 N–H and O–H groups in total. The number of aromatic nitrogens is 4. The van der Waals surface area contributed by atoms with Gasteiger partial charge in [0.1, 0.15) is 6.04 Å². The Morgan fingerprint density at radius 2 is 1.85 bits per heavy atom. The third kappa shape index (κ3) is 4.52. The van der Waals surface area contributed by atoms with Crippen LogP contribution in [0.15, 0.2) is 0 Å². The molecule has 0 unspecified atom stereocenters. The van der Waals surface area contributed by atoms with Gasteiger partial charge in [0.25, 0.3) is 11.6 Å². The summed E-state index contributed by atoms with van der Waals surface area (Å²) in [6.45, 7) is 6.52. The van der Waals surface area contributed by atoms with Crippen molar-refractivity contribution < 1.29 is 27.9 Å². The number of carboxylic acids is 1. The molecule has 11 heteroatoms. The number of nitrogens with zero attached hydrogens (tertiary/aromatic N) is 4. The summed E-state index contributed by atoms with van der Waals surface area (Å²) in [5.41, 5.74) is 1.40. The number of aliphatic carboxylic acids is 1. The van der Waals surface area contributed by atoms with Crippen LogP contribution in [0.25, 0.3) is 5.78 Å². The smallest absolute Gasteiger partial charge is 0.453 e. The van der Waals surface area contributed by atoms with Crippen LogP contribution in [-0.4, -0.2) is 42.6 Å². The van der Waals surface area contributed by atoms with Crippen molar-refractivity contribution in [1.82, 2.24) is 24.9 Å². The summed E-state index contributed by atoms with van der Waals surface area (Å²) in [6, 6.07) is -1.01. The predicted molar refractivity (Wildman–Crippen MR) is 88.0 cm³/mol. The molecule has 0 aliphatic carbocycles. The van der Waals surface area contributed by atoms with Crippen molar-refractivity contribution >= 4 is 17.7 Å². The summed E-state index contributed by atoms with van der Waals surface area (Å²) in [6.07, 6.45) is -4.54. The summed E-state index contributed by atoms with van der Waals surface area (Å²) < 4.78 is 39.4. The summed E-state index contributed by atoms with van der Waals surface area (Å²) in [5.74, 6) is -3.34. The Labute approximate surface area is 152 Å². The molecule has 0 aromatic carbocycles. The number of rotatable bonds is 6. The fraction of sp³-hybridized carbons (Fsp3) is 0.562. The number of hydrogen-bond acceptors (Lipinski definition) is 5. The number of hydrogen-bond donors (Lipinski definition) is 2. The lowest BCUT2D eigenvalue weighted by molar-refractivity contribution is -0.145. The van der Waals surface area contributed by atoms with Crippen molar-refractivity contribution in [3.05, 3.63) is 22.8 Å². The SMILES string of the molecule is Cc1nc2nc(C(F)(F)F)nn2c(C)c1CCC(=O)N[C@@H](C(=O)O)C(C)C. The standard InChI is InChI=1S/C16H20F3N5O3/c1-7(2)12(13(26)27)21-11(25)6-5-10-8(3)20-15-22-14(16(17,18)19)23-24(15)9(10)4/h7,12H,5-6H2,1-4H3,(H,21,25)(H,26,27)/t12-/m1/s1. The van der Waals surface area contributed by atoms with E-state index in [-0.39, 0.29) is 24.5 Å². The molecule has 27 heavy (non-hydrogen) atoms. The Kier molecular flexibility index (Phi) is 5.71. The van der Waals surface area contributed by atoms with Gasteiger partial charge in [-0.1, -0.05) is 13.8 Å². The number of halogens is 3. The van der Waals surface area contributed by atoms with Crippen molar-refractivity contribution in [3.63, 3.8) is 0 Å². The van der Waals surface area contributed by atoms with Gasteiger partial charge in [-0.2, -0.15) is 18.2 Å². The lowest BCUT2D eigenvalue weighted by atomic mass is 10.0. The van der Waals surface area contributed by atoms with E-state index in [9.17, 15) is 22.8 Å². The Morgan fingerprint density at radius 1 is 1.22 bits per heavy atom. The number of carbonyl (C=O) groups excluding carboxylic acids is 1. The highest BCUT2D eigenvalue weighted by Gasteiger charge is 2.37. The van der Waals surface area contributed by atoms with Crippen LogP contribution < -0.4 is 5.32 Å². The molecule has 0 radical (unpaired) electrons. The van der Waals surface area contributed by atoms with E-state index in [0.717, 1.165) is 4.52 Å². The van der Waals surface area contributed by atoms with E-state index in [1.807, 2.05) is 0 Å². The number of carboxylic acid groups (broad SMARTS) is 1. The van der Waals surface area contributed by atoms with E-state index in [1.54, 1.807) is 27.7 Å². The minimum absolute atomic E-state index is 0.0355. The minimum atomic E-state index is -4.68. The average molecular weight is 387 g/mol. The molecule has 0 spiro atoms. The molecular weight excluding hydrogens is 367 g/mol. The van der Waals surface area contributed by atoms with Crippen molar-refractivity contribution in [2.45, 2.75) is 52.8 Å². The van der Waals surface area contributed by atoms with Gasteiger partial charge in [0.2, 0.25) is 5.91 Å². The summed E-state index contributed by atoms with van der Waals surface area (Å²) in [4.78, 5) is 30.7. The Hall–Kier alpha value is -2.72. The van der Waals surface area contributed by atoms with Gasteiger partial charge >= 0.3 is 12.1 Å². The lowest BCUT2D eigenvalue weighted by Gasteiger charge is -2.18. The van der Waals surface area contributed by atoms with E-state index in [4.69, 9.17) is 5.11 Å². The van der Waals surface area contributed by atoms with E-state index in [2.05, 4.69) is 20.4 Å². The third-order valence-electron chi connectivity index (χ3n) is 4.15. The van der Waals surface area contributed by atoms with E-state index >= 15 is 0 Å². The van der Waals surface area contributed by atoms with Gasteiger partial charge < -0.3 is 10.4 Å². The van der Waals surface area contributed by atoms with Crippen LogP contribution in [0.5, 0.6) is 0 Å². The topological polar surface area (TPSA) is 109 Å². The maximum atomic E-state index is 12.8. The summed E-state index contributed by atoms with van der Waals surface area (Å²) in [5, 5.41) is 15.0. The van der Waals surface area contributed by atoms with Crippen LogP contribution >= 0.6 is 0 Å². The second-order valence-electron chi connectivity index (χ2n) is 6.53. The molecule has 2 aromatic heterocycles. The average Bonchev–Trinajstić information content (AvgIpc) is 2.96. The molecular formula is C16H20F3N5O3. The Balaban J connectivity index is 2.21. The molecule has 2 aromatic rings. The highest BCUT2D eigenvalue weighted by Crippen LogP contribution is 2.27. The molecule has 0 bridgehead atoms. The first-order valence-electron chi connectivity index (χ1n) is 8.24. The van der Waals surface area contributed by atoms with Gasteiger partial charge in [-0.3, -0.25) is 4.79 Å². The van der Waals surface area contributed by atoms with Crippen LogP contribution in [0, 0.1) is 19.8 Å². The third-order valence-corrected chi connectivity index (χ3v) is 4.15. The number of carbonyl (C=O) groups is 2. The molecule has 0 aliphatic heterocycles. The summed E-state index contributed by atoms with van der Waals surface area (Å²) in [7, 11) is 0. The second-order valence-corrected chi connectivity index (χ2v) is 6.53. The molecule has 0 fully saturated rings. The van der Waals surface area contributed by atoms with Gasteiger partial charge in [-0.05, 0) is 31.7 Å². The van der Waals surface area contributed by atoms with Crippen LogP contribution in [0.2, 0.25) is 0 Å². The molecule has 2 rings (SSSR count). The maximum absolute atomic E-state index is 12.8. The van der Waals surface area contributed by atoms with E-state index < -0.39 is 29.9 Å². The Morgan fingerprint density at radius 3 is 2.37 bits per heavy atom. The first kappa shape index (κ1) is 20.6. The van der Waals surface area contributed by atoms with Gasteiger partial charge in [0, 0.05) is 17.8 Å². The lowest BCUT2D eigenvalue weighted by Crippen LogP contribution is -2.44. The van der Waals surface area contributed by atoms with Crippen molar-refractivity contribution in [1.29, 1.82) is 0 Å². The van der Waals surface area contributed by atoms with Crippen LogP contribution in [-0.2, 0) is 22.2 Å². The van der Waals surface area contributed by atoms with E-state index in [1.165, 1.54) is 0 Å². The predicted octanol–water partition coefficient (Wildman–Crippen LogP) is 1.92. The van der Waals surface area contributed by atoms with Gasteiger partial charge in [-0.15, -0.1) is 5.10 Å². The molecule has 148 valence electrons. The van der Waals surface area contributed by atoms with Crippen LogP contribution in [0.1, 0.15) is 43.0 Å². The van der Waals surface area contributed by atoms with Crippen molar-refractivity contribution in [2.75, 3.05) is 0 Å². The molecule has 0 saturated heterocycles. The zero-order valence-electron chi connectivity index (χ0n) is 15.3. The number of alkyl halides is 3. The molecule has 0 saturated carbocycles. The fourth-order valence-corrected chi connectivity index (χ4v) is 2.69. The number of nitrogens with one attached hydrogen (secondary N) is 1. The summed E-state index contributed by atoms with van der Waals surface area (Å²) >= 11 is 0. The minimum Gasteiger partial charge on any atom is -0.480 e. The number of aryl methyl sites for hydroxylation is 2. The second kappa shape index (κ2) is 7.49. The highest BCUT2D eigenvalue weighted by molar-refractivity contribution is 5.83. The van der Waals surface area contributed by atoms with Crippen molar-refractivity contribution in [3.8, 4) is 0 Å². The number of fused-ring (bicyclic) bond motifs is 1. The van der Waals surface area contributed by atoms with E-state index in [0.29, 0.717) is 17.0 Å². The van der Waals surface area contributed by atoms with Crippen LogP contribution in [0.4, 0.5) is 13.2 Å². The molecule has 8 nitrogen and oxygen atoms in total. The fourth-order valence-electron chi connectivity index (χ4n) is 2.69. The van der Waals surface area contributed by atoms with Gasteiger partial charge in [0.15, 0.2) is 0 Å². The van der Waals surface area contributed by atoms with Gasteiger partial charge in [-0.25, -0.2) is 14.3 Å². The maximum Gasteiger partial charge on any atom is 0.453 e. The zero-order chi connectivity index (χ0) is 20.5. The molecule has 0 aliphatic rings. The largest absolute Gasteiger partial charge is 0.480 e. The normalized spacial score (nSPS) is 13.2. The van der Waals surface area contributed by atoms with Crippen LogP contribution in [0.3, 0.4) is 0 Å². The quantitative estimate of drug-likeness (QED) is 0.784. The number of amides is 1. The van der Waals surface area contributed by atoms with Crippen molar-refractivity contribution in [2.24, 2.45) is 5.92 Å². The monoisotopic (exact) mass is 387 g/mol. The molecule has 1 atom stereocenters. The first-order chi connectivity index (χ1) is 12.4. The molecule has 2 heterocycles. The first-order valence-corrected chi connectivity index (χ1v) is 8.24. The highest BCUT2D eigenvalue weighted by atomic mass is 19.4. The van der Waals surface area contributed by atoms with Gasteiger partial charge in [0.05, 0.1) is 0 Å².